The summed E-state index contributed by atoms with van der Waals surface area (Å²) >= 11 is 0. The zero-order valence-corrected chi connectivity index (χ0v) is 20.9. The predicted molar refractivity (Wildman–Crippen MR) is 124 cm³/mol. The highest BCUT2D eigenvalue weighted by Gasteiger charge is 2.32. The zero-order chi connectivity index (χ0) is 26.7. The fourth-order valence-corrected chi connectivity index (χ4v) is 3.85. The summed E-state index contributed by atoms with van der Waals surface area (Å²) in [6.45, 7) is 11.3. The van der Waals surface area contributed by atoms with E-state index >= 15 is 4.39 Å². The lowest BCUT2D eigenvalue weighted by Gasteiger charge is -2.25. The second kappa shape index (κ2) is 10.7. The molecule has 2 aromatic rings. The summed E-state index contributed by atoms with van der Waals surface area (Å²) < 4.78 is 65.3. The number of carbonyl (C=O) groups excluding carboxylic acids is 2. The number of aryl methyl sites for hydroxylation is 3. The molecule has 0 aromatic heterocycles. The number of hydrogen-bond acceptors (Lipinski definition) is 4. The molecule has 1 N–H and O–H groups in total. The second-order valence-electron chi connectivity index (χ2n) is 9.39. The Hall–Kier alpha value is -3.10. The van der Waals surface area contributed by atoms with Gasteiger partial charge in [0, 0.05) is 5.56 Å². The molecule has 0 aliphatic rings. The number of esters is 1. The van der Waals surface area contributed by atoms with E-state index in [9.17, 15) is 22.8 Å². The Morgan fingerprint density at radius 3 is 2.03 bits per heavy atom. The summed E-state index contributed by atoms with van der Waals surface area (Å²) in [7, 11) is 0. The SMILES string of the molecule is CCOC(=O)CC(NC(=O)OC(C)(C)C)c1cc(-c2c(C)cc(C(F)(F)F)cc2C)cc(C)c1F. The van der Waals surface area contributed by atoms with Gasteiger partial charge >= 0.3 is 18.2 Å². The van der Waals surface area contributed by atoms with Gasteiger partial charge in [-0.15, -0.1) is 0 Å². The van der Waals surface area contributed by atoms with Gasteiger partial charge in [0.25, 0.3) is 0 Å². The maximum Gasteiger partial charge on any atom is 0.416 e. The Morgan fingerprint density at radius 2 is 1.54 bits per heavy atom. The van der Waals surface area contributed by atoms with Crippen molar-refractivity contribution >= 4 is 12.1 Å². The van der Waals surface area contributed by atoms with Gasteiger partial charge in [0.1, 0.15) is 11.4 Å². The molecule has 0 fully saturated rings. The van der Waals surface area contributed by atoms with Crippen molar-refractivity contribution in [3.8, 4) is 11.1 Å². The fraction of sp³-hybridized carbons (Fsp3) is 0.462. The van der Waals surface area contributed by atoms with Gasteiger partial charge in [-0.25, -0.2) is 9.18 Å². The number of amides is 1. The molecular weight excluding hydrogens is 466 g/mol. The number of benzene rings is 2. The van der Waals surface area contributed by atoms with Crippen LogP contribution in [0.5, 0.6) is 0 Å². The van der Waals surface area contributed by atoms with E-state index in [4.69, 9.17) is 9.47 Å². The van der Waals surface area contributed by atoms with Crippen LogP contribution in [0, 0.1) is 26.6 Å². The highest BCUT2D eigenvalue weighted by molar-refractivity contribution is 5.76. The Morgan fingerprint density at radius 1 is 0.971 bits per heavy atom. The van der Waals surface area contributed by atoms with Crippen LogP contribution in [0.3, 0.4) is 0 Å². The molecule has 0 radical (unpaired) electrons. The summed E-state index contributed by atoms with van der Waals surface area (Å²) in [6.07, 6.45) is -5.71. The Labute approximate surface area is 202 Å². The standard InChI is InChI=1S/C26H31F4NO4/c1-8-34-21(32)13-20(31-24(33)35-25(5,6)7)19-12-17(9-16(4)23(19)27)22-14(2)10-18(11-15(22)3)26(28,29)30/h9-12,20H,8,13H2,1-7H3,(H,31,33). The molecule has 1 amide bonds. The van der Waals surface area contributed by atoms with Gasteiger partial charge < -0.3 is 14.8 Å². The topological polar surface area (TPSA) is 64.6 Å². The summed E-state index contributed by atoms with van der Waals surface area (Å²) in [6, 6.07) is 3.91. The largest absolute Gasteiger partial charge is 0.466 e. The third kappa shape index (κ3) is 7.44. The Kier molecular flexibility index (Phi) is 8.57. The van der Waals surface area contributed by atoms with Gasteiger partial charge in [0.2, 0.25) is 0 Å². The molecule has 2 aromatic carbocycles. The van der Waals surface area contributed by atoms with Crippen molar-refractivity contribution in [3.05, 3.63) is 57.9 Å². The van der Waals surface area contributed by atoms with Crippen LogP contribution in [0.4, 0.5) is 22.4 Å². The molecule has 0 aliphatic heterocycles. The van der Waals surface area contributed by atoms with Crippen molar-refractivity contribution in [2.75, 3.05) is 6.61 Å². The average Bonchev–Trinajstić information content (AvgIpc) is 2.67. The number of hydrogen-bond donors (Lipinski definition) is 1. The van der Waals surface area contributed by atoms with E-state index in [1.54, 1.807) is 41.5 Å². The molecular formula is C26H31F4NO4. The Balaban J connectivity index is 2.61. The minimum atomic E-state index is -4.50. The Bertz CT molecular complexity index is 1080. The van der Waals surface area contributed by atoms with Crippen LogP contribution in [0.15, 0.2) is 24.3 Å². The third-order valence-electron chi connectivity index (χ3n) is 5.17. The molecule has 0 heterocycles. The van der Waals surface area contributed by atoms with Crippen molar-refractivity contribution in [3.63, 3.8) is 0 Å². The van der Waals surface area contributed by atoms with Crippen LogP contribution < -0.4 is 5.32 Å². The molecule has 5 nitrogen and oxygen atoms in total. The number of ether oxygens (including phenoxy) is 2. The van der Waals surface area contributed by atoms with Crippen molar-refractivity contribution in [2.45, 2.75) is 72.7 Å². The fourth-order valence-electron chi connectivity index (χ4n) is 3.85. The number of alkyl halides is 3. The van der Waals surface area contributed by atoms with Crippen molar-refractivity contribution < 1.29 is 36.6 Å². The molecule has 0 aliphatic carbocycles. The summed E-state index contributed by atoms with van der Waals surface area (Å²) in [5.74, 6) is -1.31. The van der Waals surface area contributed by atoms with Crippen LogP contribution >= 0.6 is 0 Å². The lowest BCUT2D eigenvalue weighted by atomic mass is 9.89. The van der Waals surface area contributed by atoms with E-state index in [2.05, 4.69) is 5.32 Å². The molecule has 2 rings (SSSR count). The smallest absolute Gasteiger partial charge is 0.416 e. The maximum atomic E-state index is 15.3. The van der Waals surface area contributed by atoms with E-state index in [1.807, 2.05) is 0 Å². The van der Waals surface area contributed by atoms with Crippen LogP contribution in [-0.4, -0.2) is 24.3 Å². The predicted octanol–water partition coefficient (Wildman–Crippen LogP) is 6.96. The summed E-state index contributed by atoms with van der Waals surface area (Å²) in [4.78, 5) is 24.7. The van der Waals surface area contributed by atoms with Gasteiger partial charge in [0.15, 0.2) is 0 Å². The first-order valence-corrected chi connectivity index (χ1v) is 11.2. The van der Waals surface area contributed by atoms with Gasteiger partial charge in [-0.3, -0.25) is 4.79 Å². The molecule has 1 unspecified atom stereocenters. The molecule has 35 heavy (non-hydrogen) atoms. The van der Waals surface area contributed by atoms with Crippen molar-refractivity contribution in [1.82, 2.24) is 5.32 Å². The normalized spacial score (nSPS) is 12.8. The molecule has 0 saturated heterocycles. The average molecular weight is 498 g/mol. The molecule has 1 atom stereocenters. The van der Waals surface area contributed by atoms with Crippen molar-refractivity contribution in [2.24, 2.45) is 0 Å². The van der Waals surface area contributed by atoms with Gasteiger partial charge in [0.05, 0.1) is 24.6 Å². The zero-order valence-electron chi connectivity index (χ0n) is 20.9. The lowest BCUT2D eigenvalue weighted by Crippen LogP contribution is -2.36. The van der Waals surface area contributed by atoms with E-state index in [-0.39, 0.29) is 24.2 Å². The van der Waals surface area contributed by atoms with Gasteiger partial charge in [-0.2, -0.15) is 13.2 Å². The molecule has 0 spiro atoms. The molecule has 0 bridgehead atoms. The summed E-state index contributed by atoms with van der Waals surface area (Å²) in [5, 5.41) is 2.53. The quantitative estimate of drug-likeness (QED) is 0.346. The van der Waals surface area contributed by atoms with Crippen LogP contribution in [0.2, 0.25) is 0 Å². The van der Waals surface area contributed by atoms with E-state index in [0.29, 0.717) is 22.3 Å². The first-order chi connectivity index (χ1) is 16.0. The first-order valence-electron chi connectivity index (χ1n) is 11.2. The van der Waals surface area contributed by atoms with Crippen LogP contribution in [-0.2, 0) is 20.4 Å². The van der Waals surface area contributed by atoms with Crippen molar-refractivity contribution in [1.29, 1.82) is 0 Å². The minimum absolute atomic E-state index is 0.00221. The minimum Gasteiger partial charge on any atom is -0.466 e. The molecule has 0 saturated carbocycles. The number of alkyl carbamates (subject to hydrolysis) is 1. The lowest BCUT2D eigenvalue weighted by molar-refractivity contribution is -0.143. The molecule has 9 heteroatoms. The summed E-state index contributed by atoms with van der Waals surface area (Å²) in [5.41, 5.74) is 0.281. The number of carbonyl (C=O) groups is 2. The monoisotopic (exact) mass is 497 g/mol. The van der Waals surface area contributed by atoms with Crippen LogP contribution in [0.1, 0.15) is 68.0 Å². The van der Waals surface area contributed by atoms with Gasteiger partial charge in [-0.1, -0.05) is 0 Å². The van der Waals surface area contributed by atoms with E-state index < -0.39 is 41.3 Å². The second-order valence-corrected chi connectivity index (χ2v) is 9.39. The first kappa shape index (κ1) is 28.1. The highest BCUT2D eigenvalue weighted by Crippen LogP contribution is 2.37. The molecule has 192 valence electrons. The number of nitrogens with one attached hydrogen (secondary N) is 1. The van der Waals surface area contributed by atoms with Crippen LogP contribution in [0.25, 0.3) is 11.1 Å². The third-order valence-corrected chi connectivity index (χ3v) is 5.17. The van der Waals surface area contributed by atoms with E-state index in [0.717, 1.165) is 12.1 Å². The van der Waals surface area contributed by atoms with Gasteiger partial charge in [-0.05, 0) is 101 Å². The maximum absolute atomic E-state index is 15.3. The van der Waals surface area contributed by atoms with E-state index in [1.165, 1.54) is 19.1 Å². The highest BCUT2D eigenvalue weighted by atomic mass is 19.4. The number of rotatable bonds is 6. The number of halogens is 4.